The molecule has 0 amide bonds. The van der Waals surface area contributed by atoms with Gasteiger partial charge in [-0.15, -0.1) is 16.4 Å². The zero-order valence-corrected chi connectivity index (χ0v) is 14.8. The van der Waals surface area contributed by atoms with E-state index in [4.69, 9.17) is 0 Å². The molecular weight excluding hydrogens is 356 g/mol. The smallest absolute Gasteiger partial charge is 0.258 e. The number of benzene rings is 1. The van der Waals surface area contributed by atoms with Crippen molar-refractivity contribution >= 4 is 44.9 Å². The van der Waals surface area contributed by atoms with Gasteiger partial charge in [-0.3, -0.25) is 13.6 Å². The fraction of sp³-hybridized carbons (Fsp3) is 0.125. The zero-order chi connectivity index (χ0) is 17.0. The van der Waals surface area contributed by atoms with Crippen LogP contribution in [0.2, 0.25) is 0 Å². The van der Waals surface area contributed by atoms with Gasteiger partial charge in [0.05, 0.1) is 16.7 Å². The lowest BCUT2D eigenvalue weighted by Crippen LogP contribution is -2.14. The van der Waals surface area contributed by atoms with E-state index in [2.05, 4.69) is 20.2 Å². The minimum Gasteiger partial charge on any atom is -0.269 e. The van der Waals surface area contributed by atoms with Crippen LogP contribution in [0, 0.1) is 6.92 Å². The Bertz CT molecular complexity index is 1290. The van der Waals surface area contributed by atoms with E-state index >= 15 is 0 Å². The Hall–Kier alpha value is -2.65. The molecule has 0 aliphatic carbocycles. The summed E-state index contributed by atoms with van der Waals surface area (Å²) in [5.74, 6) is 1.27. The number of nitrogens with zero attached hydrogens (tertiary/aromatic N) is 5. The zero-order valence-electron chi connectivity index (χ0n) is 13.1. The van der Waals surface area contributed by atoms with Crippen molar-refractivity contribution in [3.8, 4) is 0 Å². The van der Waals surface area contributed by atoms with Crippen molar-refractivity contribution in [2.75, 3.05) is 0 Å². The van der Waals surface area contributed by atoms with E-state index in [1.165, 1.54) is 23.1 Å². The molecule has 25 heavy (non-hydrogen) atoms. The molecule has 1 N–H and O–H groups in total. The normalized spacial score (nSPS) is 11.9. The molecular formula is C16H12N6OS2. The summed E-state index contributed by atoms with van der Waals surface area (Å²) < 4.78 is 3.62. The Balaban J connectivity index is 1.52. The maximum atomic E-state index is 12.3. The molecule has 1 aromatic carbocycles. The average Bonchev–Trinajstić information content (AvgIpc) is 3.27. The number of thioether (sulfide) groups is 1. The summed E-state index contributed by atoms with van der Waals surface area (Å²) in [6.07, 6.45) is 0. The second-order valence-electron chi connectivity index (χ2n) is 5.64. The van der Waals surface area contributed by atoms with E-state index in [1.54, 1.807) is 10.5 Å². The number of nitrogens with one attached hydrogen (secondary N) is 1. The van der Waals surface area contributed by atoms with Gasteiger partial charge in [-0.25, -0.2) is 15.1 Å². The van der Waals surface area contributed by atoms with E-state index in [-0.39, 0.29) is 5.56 Å². The molecule has 4 aromatic heterocycles. The summed E-state index contributed by atoms with van der Waals surface area (Å²) in [7, 11) is 0. The molecule has 0 saturated carbocycles. The fourth-order valence-electron chi connectivity index (χ4n) is 2.85. The van der Waals surface area contributed by atoms with Crippen LogP contribution in [0.1, 0.15) is 11.4 Å². The number of aryl methyl sites for hydroxylation is 1. The molecule has 9 heteroatoms. The summed E-state index contributed by atoms with van der Waals surface area (Å²) in [6, 6.07) is 9.52. The Morgan fingerprint density at radius 2 is 2.12 bits per heavy atom. The lowest BCUT2D eigenvalue weighted by Gasteiger charge is -2.01. The SMILES string of the molecule is Cc1csc2nc(CSc3n[nH]c4nc5ccccc5n34)cc(=O)n12. The number of H-pyrrole nitrogens is 1. The van der Waals surface area contributed by atoms with Crippen molar-refractivity contribution in [1.29, 1.82) is 0 Å². The van der Waals surface area contributed by atoms with Gasteiger partial charge in [0.25, 0.3) is 5.56 Å². The third kappa shape index (κ3) is 2.27. The Morgan fingerprint density at radius 1 is 1.24 bits per heavy atom. The van der Waals surface area contributed by atoms with Crippen molar-refractivity contribution in [1.82, 2.24) is 29.0 Å². The van der Waals surface area contributed by atoms with E-state index < -0.39 is 0 Å². The predicted octanol–water partition coefficient (Wildman–Crippen LogP) is 2.88. The molecule has 0 aliphatic rings. The van der Waals surface area contributed by atoms with Crippen LogP contribution in [0.15, 0.2) is 45.7 Å². The minimum absolute atomic E-state index is 0.0420. The summed E-state index contributed by atoms with van der Waals surface area (Å²) in [5, 5.41) is 10.0. The monoisotopic (exact) mass is 368 g/mol. The molecule has 0 atom stereocenters. The van der Waals surface area contributed by atoms with Gasteiger partial charge in [0.15, 0.2) is 10.1 Å². The maximum absolute atomic E-state index is 12.3. The number of aromatic nitrogens is 6. The van der Waals surface area contributed by atoms with Crippen LogP contribution in [-0.4, -0.2) is 29.0 Å². The summed E-state index contributed by atoms with van der Waals surface area (Å²) in [6.45, 7) is 1.91. The number of rotatable bonds is 3. The Kier molecular flexibility index (Phi) is 3.19. The number of hydrogen-bond acceptors (Lipinski definition) is 6. The highest BCUT2D eigenvalue weighted by molar-refractivity contribution is 7.98. The van der Waals surface area contributed by atoms with Crippen LogP contribution < -0.4 is 5.56 Å². The van der Waals surface area contributed by atoms with Gasteiger partial charge in [-0.2, -0.15) is 0 Å². The molecule has 0 radical (unpaired) electrons. The third-order valence-electron chi connectivity index (χ3n) is 3.98. The number of fused-ring (bicyclic) bond motifs is 4. The van der Waals surface area contributed by atoms with Crippen LogP contribution in [0.5, 0.6) is 0 Å². The number of hydrogen-bond donors (Lipinski definition) is 1. The van der Waals surface area contributed by atoms with Gasteiger partial charge in [-0.1, -0.05) is 23.9 Å². The fourth-order valence-corrected chi connectivity index (χ4v) is 4.59. The first kappa shape index (κ1) is 14.7. The molecule has 4 heterocycles. The number of imidazole rings is 1. The first-order valence-electron chi connectivity index (χ1n) is 7.62. The second kappa shape index (κ2) is 5.43. The van der Waals surface area contributed by atoms with Crippen molar-refractivity contribution in [2.45, 2.75) is 17.8 Å². The van der Waals surface area contributed by atoms with Gasteiger partial charge in [0.1, 0.15) is 0 Å². The van der Waals surface area contributed by atoms with Crippen molar-refractivity contribution in [2.24, 2.45) is 0 Å². The number of para-hydroxylation sites is 2. The Morgan fingerprint density at radius 3 is 3.04 bits per heavy atom. The molecule has 5 aromatic rings. The van der Waals surface area contributed by atoms with Crippen LogP contribution in [-0.2, 0) is 5.75 Å². The van der Waals surface area contributed by atoms with Gasteiger partial charge in [-0.05, 0) is 19.1 Å². The lowest BCUT2D eigenvalue weighted by atomic mass is 10.3. The average molecular weight is 368 g/mol. The van der Waals surface area contributed by atoms with E-state index in [1.807, 2.05) is 41.0 Å². The molecule has 0 saturated heterocycles. The molecule has 0 unspecified atom stereocenters. The molecule has 7 nitrogen and oxygen atoms in total. The first-order chi connectivity index (χ1) is 12.2. The molecule has 0 bridgehead atoms. The van der Waals surface area contributed by atoms with Crippen LogP contribution >= 0.6 is 23.1 Å². The Labute approximate surface area is 149 Å². The van der Waals surface area contributed by atoms with Crippen LogP contribution in [0.4, 0.5) is 0 Å². The molecule has 0 spiro atoms. The van der Waals surface area contributed by atoms with Gasteiger partial charge in [0, 0.05) is 22.9 Å². The second-order valence-corrected chi connectivity index (χ2v) is 7.41. The quantitative estimate of drug-likeness (QED) is 0.495. The maximum Gasteiger partial charge on any atom is 0.258 e. The highest BCUT2D eigenvalue weighted by Gasteiger charge is 2.13. The largest absolute Gasteiger partial charge is 0.269 e. The topological polar surface area (TPSA) is 80.3 Å². The lowest BCUT2D eigenvalue weighted by molar-refractivity contribution is 0.937. The standard InChI is InChI=1S/C16H12N6OS2/c1-9-7-24-15-17-10(6-13(23)21(9)15)8-25-16-20-19-14-18-11-4-2-3-5-12(11)22(14)16/h2-7H,8H2,1H3,(H,18,19). The van der Waals surface area contributed by atoms with Crippen molar-refractivity contribution in [3.05, 3.63) is 57.5 Å². The third-order valence-corrected chi connectivity index (χ3v) is 5.90. The summed E-state index contributed by atoms with van der Waals surface area (Å²) in [4.78, 5) is 22.1. The van der Waals surface area contributed by atoms with Gasteiger partial charge >= 0.3 is 0 Å². The summed E-state index contributed by atoms with van der Waals surface area (Å²) in [5.41, 5.74) is 3.54. The molecule has 124 valence electrons. The van der Waals surface area contributed by atoms with E-state index in [0.717, 1.165) is 32.5 Å². The highest BCUT2D eigenvalue weighted by Crippen LogP contribution is 2.25. The van der Waals surface area contributed by atoms with E-state index in [0.29, 0.717) is 11.5 Å². The predicted molar refractivity (Wildman–Crippen MR) is 98.5 cm³/mol. The van der Waals surface area contributed by atoms with Gasteiger partial charge in [0.2, 0.25) is 5.78 Å². The van der Waals surface area contributed by atoms with Crippen LogP contribution in [0.25, 0.3) is 21.8 Å². The summed E-state index contributed by atoms with van der Waals surface area (Å²) >= 11 is 3.00. The first-order valence-corrected chi connectivity index (χ1v) is 9.48. The molecule has 5 rings (SSSR count). The molecule has 0 aliphatic heterocycles. The number of aromatic amines is 1. The van der Waals surface area contributed by atoms with E-state index in [9.17, 15) is 4.79 Å². The van der Waals surface area contributed by atoms with Crippen molar-refractivity contribution < 1.29 is 0 Å². The number of thiazole rings is 1. The highest BCUT2D eigenvalue weighted by atomic mass is 32.2. The van der Waals surface area contributed by atoms with Crippen molar-refractivity contribution in [3.63, 3.8) is 0 Å². The molecule has 0 fully saturated rings. The van der Waals surface area contributed by atoms with Crippen LogP contribution in [0.3, 0.4) is 0 Å². The minimum atomic E-state index is -0.0420. The van der Waals surface area contributed by atoms with Gasteiger partial charge < -0.3 is 0 Å².